The van der Waals surface area contributed by atoms with Crippen LogP contribution in [-0.4, -0.2) is 10.2 Å². The van der Waals surface area contributed by atoms with Crippen molar-refractivity contribution < 1.29 is 0 Å². The summed E-state index contributed by atoms with van der Waals surface area (Å²) in [7, 11) is 0. The molecule has 1 aliphatic heterocycles. The number of unbranched alkanes of at least 4 members (excludes halogenated alkanes) is 6. The Kier molecular flexibility index (Phi) is 8.98. The molecule has 0 saturated heterocycles. The molecule has 0 radical (unpaired) electrons. The van der Waals surface area contributed by atoms with Gasteiger partial charge in [-0.3, -0.25) is 0 Å². The first-order chi connectivity index (χ1) is 14.0. The van der Waals surface area contributed by atoms with Crippen LogP contribution in [0.4, 0.5) is 0 Å². The molecular formula is C27H37IS. The highest BCUT2D eigenvalue weighted by Gasteiger charge is 2.40. The first-order valence-corrected chi connectivity index (χ1v) is 13.9. The zero-order valence-electron chi connectivity index (χ0n) is 18.5. The number of fused-ring (bicyclic) bond motifs is 1. The lowest BCUT2D eigenvalue weighted by Crippen LogP contribution is -2.36. The second kappa shape index (κ2) is 11.2. The molecule has 2 aromatic carbocycles. The number of thioether (sulfide) groups is 1. The SMILES string of the molecule is Cc1ccc(C2(C)CSc3cc(C)ccc3C2CCCCCCCCCI)cc1. The second-order valence-electron chi connectivity index (χ2n) is 9.12. The fourth-order valence-electron chi connectivity index (χ4n) is 4.75. The molecule has 0 aliphatic carbocycles. The summed E-state index contributed by atoms with van der Waals surface area (Å²) in [5.74, 6) is 1.81. The molecule has 2 heteroatoms. The molecule has 0 saturated carbocycles. The Balaban J connectivity index is 1.71. The minimum atomic E-state index is 0.223. The first-order valence-electron chi connectivity index (χ1n) is 11.4. The zero-order valence-corrected chi connectivity index (χ0v) is 21.5. The fourth-order valence-corrected chi connectivity index (χ4v) is 6.75. The zero-order chi connectivity index (χ0) is 20.7. The van der Waals surface area contributed by atoms with Crippen LogP contribution in [0.15, 0.2) is 47.4 Å². The maximum atomic E-state index is 2.52. The number of alkyl halides is 1. The Morgan fingerprint density at radius 2 is 1.48 bits per heavy atom. The van der Waals surface area contributed by atoms with Crippen LogP contribution < -0.4 is 0 Å². The molecule has 0 spiro atoms. The number of benzene rings is 2. The van der Waals surface area contributed by atoms with Crippen molar-refractivity contribution >= 4 is 34.4 Å². The molecule has 0 nitrogen and oxygen atoms in total. The molecule has 2 unspecified atom stereocenters. The first kappa shape index (κ1) is 23.2. The summed E-state index contributed by atoms with van der Waals surface area (Å²) in [6.07, 6.45) is 11.1. The van der Waals surface area contributed by atoms with Gasteiger partial charge in [0.1, 0.15) is 0 Å². The Morgan fingerprint density at radius 3 is 2.17 bits per heavy atom. The third-order valence-electron chi connectivity index (χ3n) is 6.68. The van der Waals surface area contributed by atoms with Gasteiger partial charge in [0.25, 0.3) is 0 Å². The second-order valence-corrected chi connectivity index (χ2v) is 11.2. The summed E-state index contributed by atoms with van der Waals surface area (Å²) < 4.78 is 1.31. The van der Waals surface area contributed by atoms with E-state index in [1.807, 2.05) is 0 Å². The summed E-state index contributed by atoms with van der Waals surface area (Å²) in [4.78, 5) is 1.53. The van der Waals surface area contributed by atoms with Crippen molar-refractivity contribution in [1.82, 2.24) is 0 Å². The number of rotatable bonds is 10. The standard InChI is InChI=1S/C27H37IS/c1-21-12-15-23(16-13-21)27(3)20-29-26-19-22(2)14-17-24(26)25(27)11-9-7-5-4-6-8-10-18-28/h12-17,19,25H,4-11,18,20H2,1-3H3. The molecule has 0 aromatic heterocycles. The molecule has 0 bridgehead atoms. The summed E-state index contributed by atoms with van der Waals surface area (Å²) in [5.41, 5.74) is 6.08. The van der Waals surface area contributed by atoms with Crippen LogP contribution in [0.2, 0.25) is 0 Å². The van der Waals surface area contributed by atoms with Gasteiger partial charge in [0.05, 0.1) is 0 Å². The van der Waals surface area contributed by atoms with Gasteiger partial charge in [-0.1, -0.05) is 116 Å². The molecular weight excluding hydrogens is 483 g/mol. The van der Waals surface area contributed by atoms with E-state index in [9.17, 15) is 0 Å². The van der Waals surface area contributed by atoms with E-state index >= 15 is 0 Å². The predicted octanol–water partition coefficient (Wildman–Crippen LogP) is 9.01. The van der Waals surface area contributed by atoms with Crippen LogP contribution >= 0.6 is 34.4 Å². The Labute approximate surface area is 196 Å². The molecule has 158 valence electrons. The van der Waals surface area contributed by atoms with Crippen molar-refractivity contribution in [2.45, 2.75) is 88.4 Å². The van der Waals surface area contributed by atoms with Gasteiger partial charge < -0.3 is 0 Å². The number of halogens is 1. The van der Waals surface area contributed by atoms with Crippen LogP contribution in [0.3, 0.4) is 0 Å². The molecule has 2 aromatic rings. The number of hydrogen-bond donors (Lipinski definition) is 0. The number of aryl methyl sites for hydroxylation is 2. The van der Waals surface area contributed by atoms with Gasteiger partial charge in [0.2, 0.25) is 0 Å². The van der Waals surface area contributed by atoms with Crippen LogP contribution in [0.5, 0.6) is 0 Å². The summed E-state index contributed by atoms with van der Waals surface area (Å²) in [6, 6.07) is 16.5. The quantitative estimate of drug-likeness (QED) is 0.171. The van der Waals surface area contributed by atoms with Crippen LogP contribution in [0.1, 0.15) is 86.5 Å². The lowest BCUT2D eigenvalue weighted by molar-refractivity contribution is 0.372. The maximum Gasteiger partial charge on any atom is 0.0110 e. The van der Waals surface area contributed by atoms with E-state index in [0.717, 1.165) is 0 Å². The maximum absolute atomic E-state index is 2.52. The van der Waals surface area contributed by atoms with E-state index in [1.54, 1.807) is 5.56 Å². The van der Waals surface area contributed by atoms with E-state index < -0.39 is 0 Å². The third-order valence-corrected chi connectivity index (χ3v) is 8.85. The van der Waals surface area contributed by atoms with Crippen molar-refractivity contribution in [3.05, 3.63) is 64.7 Å². The van der Waals surface area contributed by atoms with Gasteiger partial charge in [-0.2, -0.15) is 0 Å². The fraction of sp³-hybridized carbons (Fsp3) is 0.556. The molecule has 3 rings (SSSR count). The van der Waals surface area contributed by atoms with Crippen molar-refractivity contribution in [2.24, 2.45) is 0 Å². The minimum Gasteiger partial charge on any atom is -0.125 e. The van der Waals surface area contributed by atoms with Gasteiger partial charge in [0, 0.05) is 16.1 Å². The van der Waals surface area contributed by atoms with Crippen molar-refractivity contribution in [1.29, 1.82) is 0 Å². The largest absolute Gasteiger partial charge is 0.125 e. The van der Waals surface area contributed by atoms with E-state index in [4.69, 9.17) is 0 Å². The smallest absolute Gasteiger partial charge is 0.0110 e. The van der Waals surface area contributed by atoms with E-state index in [0.29, 0.717) is 5.92 Å². The van der Waals surface area contributed by atoms with Gasteiger partial charge in [-0.05, 0) is 54.2 Å². The number of hydrogen-bond acceptors (Lipinski definition) is 1. The summed E-state index contributed by atoms with van der Waals surface area (Å²) in [5, 5.41) is 0. The van der Waals surface area contributed by atoms with E-state index in [-0.39, 0.29) is 5.41 Å². The molecule has 0 N–H and O–H groups in total. The highest BCUT2D eigenvalue weighted by Crippen LogP contribution is 2.52. The van der Waals surface area contributed by atoms with E-state index in [1.165, 1.54) is 83.1 Å². The lowest BCUT2D eigenvalue weighted by atomic mass is 9.67. The van der Waals surface area contributed by atoms with Crippen LogP contribution in [0, 0.1) is 13.8 Å². The molecule has 0 amide bonds. The van der Waals surface area contributed by atoms with Gasteiger partial charge >= 0.3 is 0 Å². The van der Waals surface area contributed by atoms with Crippen molar-refractivity contribution in [3.8, 4) is 0 Å². The molecule has 1 heterocycles. The predicted molar refractivity (Wildman–Crippen MR) is 139 cm³/mol. The Morgan fingerprint density at radius 1 is 0.862 bits per heavy atom. The van der Waals surface area contributed by atoms with Crippen molar-refractivity contribution in [2.75, 3.05) is 10.2 Å². The molecule has 1 aliphatic rings. The van der Waals surface area contributed by atoms with Crippen LogP contribution in [-0.2, 0) is 5.41 Å². The van der Waals surface area contributed by atoms with Gasteiger partial charge in [-0.15, -0.1) is 11.8 Å². The van der Waals surface area contributed by atoms with Crippen molar-refractivity contribution in [3.63, 3.8) is 0 Å². The highest BCUT2D eigenvalue weighted by molar-refractivity contribution is 14.1. The average molecular weight is 521 g/mol. The molecule has 29 heavy (non-hydrogen) atoms. The highest BCUT2D eigenvalue weighted by atomic mass is 127. The van der Waals surface area contributed by atoms with Gasteiger partial charge in [0.15, 0.2) is 0 Å². The summed E-state index contributed by atoms with van der Waals surface area (Å²) >= 11 is 4.56. The topological polar surface area (TPSA) is 0 Å². The molecule has 2 atom stereocenters. The summed E-state index contributed by atoms with van der Waals surface area (Å²) in [6.45, 7) is 6.93. The average Bonchev–Trinajstić information content (AvgIpc) is 2.72. The lowest BCUT2D eigenvalue weighted by Gasteiger charge is -2.43. The minimum absolute atomic E-state index is 0.223. The van der Waals surface area contributed by atoms with E-state index in [2.05, 4.69) is 97.6 Å². The normalized spacial score (nSPS) is 21.2. The Bertz CT molecular complexity index is 767. The monoisotopic (exact) mass is 520 g/mol. The van der Waals surface area contributed by atoms with Gasteiger partial charge in [-0.25, -0.2) is 0 Å². The Hall–Kier alpha value is -0.480. The third kappa shape index (κ3) is 6.03. The molecule has 0 fully saturated rings. The van der Waals surface area contributed by atoms with Crippen LogP contribution in [0.25, 0.3) is 0 Å².